The number of hydrogen-bond donors (Lipinski definition) is 2. The fourth-order valence-electron chi connectivity index (χ4n) is 5.50. The summed E-state index contributed by atoms with van der Waals surface area (Å²) in [6, 6.07) is 38.0. The third-order valence-electron chi connectivity index (χ3n) is 7.88. The van der Waals surface area contributed by atoms with Crippen molar-refractivity contribution in [2.24, 2.45) is 17.6 Å². The molecule has 3 N–H and O–H groups in total. The number of nitrogens with two attached hydrogens (primary N) is 1. The van der Waals surface area contributed by atoms with Gasteiger partial charge in [-0.05, 0) is 66.0 Å². The van der Waals surface area contributed by atoms with Crippen LogP contribution in [0.4, 0.5) is 0 Å². The molecule has 1 amide bonds. The van der Waals surface area contributed by atoms with Crippen molar-refractivity contribution in [1.29, 1.82) is 0 Å². The summed E-state index contributed by atoms with van der Waals surface area (Å²) in [5.41, 5.74) is 13.5. The van der Waals surface area contributed by atoms with Crippen LogP contribution in [0.3, 0.4) is 0 Å². The van der Waals surface area contributed by atoms with Crippen LogP contribution >= 0.6 is 12.4 Å². The molecule has 4 aromatic rings. The van der Waals surface area contributed by atoms with Crippen molar-refractivity contribution in [2.75, 3.05) is 6.61 Å². The maximum absolute atomic E-state index is 11.7. The van der Waals surface area contributed by atoms with Gasteiger partial charge in [0.1, 0.15) is 0 Å². The van der Waals surface area contributed by atoms with Gasteiger partial charge in [-0.1, -0.05) is 123 Å². The molecule has 0 radical (unpaired) electrons. The number of halogens is 1. The van der Waals surface area contributed by atoms with E-state index in [1.165, 1.54) is 33.4 Å². The average molecular weight is 613 g/mol. The summed E-state index contributed by atoms with van der Waals surface area (Å²) in [7, 11) is 0. The van der Waals surface area contributed by atoms with E-state index in [1.807, 2.05) is 45.0 Å². The molecule has 5 rings (SSSR count). The molecule has 1 aliphatic rings. The second-order valence-corrected chi connectivity index (χ2v) is 11.5. The monoisotopic (exact) mass is 612 g/mol. The fraction of sp³-hybridized carbons (Fsp3) is 0.316. The second-order valence-electron chi connectivity index (χ2n) is 11.5. The van der Waals surface area contributed by atoms with Crippen LogP contribution < -0.4 is 11.1 Å². The van der Waals surface area contributed by atoms with Gasteiger partial charge in [-0.3, -0.25) is 9.59 Å². The van der Waals surface area contributed by atoms with Crippen LogP contribution in [0.15, 0.2) is 109 Å². The molecule has 5 nitrogen and oxygen atoms in total. The first-order valence-corrected chi connectivity index (χ1v) is 15.3. The summed E-state index contributed by atoms with van der Waals surface area (Å²) in [5, 5.41) is 3.06. The Morgan fingerprint density at radius 1 is 0.818 bits per heavy atom. The van der Waals surface area contributed by atoms with Crippen LogP contribution in [0, 0.1) is 11.8 Å². The molecule has 1 aliphatic heterocycles. The third kappa shape index (κ3) is 10.4. The lowest BCUT2D eigenvalue weighted by Crippen LogP contribution is -2.29. The Balaban J connectivity index is 0.000000237. The topological polar surface area (TPSA) is 81.4 Å². The van der Waals surface area contributed by atoms with Gasteiger partial charge in [-0.15, -0.1) is 12.4 Å². The van der Waals surface area contributed by atoms with Gasteiger partial charge in [0.25, 0.3) is 0 Å². The van der Waals surface area contributed by atoms with Crippen molar-refractivity contribution in [3.05, 3.63) is 120 Å². The minimum Gasteiger partial charge on any atom is -0.466 e. The number of rotatable bonds is 10. The maximum atomic E-state index is 11.7. The number of esters is 1. The highest BCUT2D eigenvalue weighted by Crippen LogP contribution is 2.23. The van der Waals surface area contributed by atoms with Gasteiger partial charge in [-0.2, -0.15) is 0 Å². The van der Waals surface area contributed by atoms with Gasteiger partial charge in [-0.25, -0.2) is 0 Å². The summed E-state index contributed by atoms with van der Waals surface area (Å²) in [6.07, 6.45) is 3.27. The van der Waals surface area contributed by atoms with Gasteiger partial charge in [0.2, 0.25) is 5.91 Å². The van der Waals surface area contributed by atoms with Crippen molar-refractivity contribution in [2.45, 2.75) is 58.5 Å². The smallest absolute Gasteiger partial charge is 0.308 e. The van der Waals surface area contributed by atoms with Crippen LogP contribution in [-0.2, 0) is 27.2 Å². The van der Waals surface area contributed by atoms with Crippen LogP contribution in [0.2, 0.25) is 0 Å². The SMILES string of the molecule is CCOC(=O)C(C)CC(N)Cc1ccc(-c2ccccc2)cc1.C[C@H]1C[C@@H](Cc2ccc(-c3ccccc3)cc2)NC1=O.Cl. The zero-order valence-corrected chi connectivity index (χ0v) is 26.8. The Kier molecular flexibility index (Phi) is 13.7. The van der Waals surface area contributed by atoms with E-state index in [4.69, 9.17) is 10.5 Å². The van der Waals surface area contributed by atoms with Crippen LogP contribution in [0.25, 0.3) is 22.3 Å². The van der Waals surface area contributed by atoms with Gasteiger partial charge >= 0.3 is 5.97 Å². The summed E-state index contributed by atoms with van der Waals surface area (Å²) < 4.78 is 5.02. The van der Waals surface area contributed by atoms with E-state index in [1.54, 1.807) is 0 Å². The second kappa shape index (κ2) is 17.4. The van der Waals surface area contributed by atoms with Gasteiger partial charge in [0, 0.05) is 18.0 Å². The lowest BCUT2D eigenvalue weighted by molar-refractivity contribution is -0.147. The molecule has 4 aromatic carbocycles. The molecule has 44 heavy (non-hydrogen) atoms. The van der Waals surface area contributed by atoms with E-state index >= 15 is 0 Å². The molecule has 0 spiro atoms. The number of amides is 1. The van der Waals surface area contributed by atoms with E-state index in [2.05, 4.69) is 90.2 Å². The van der Waals surface area contributed by atoms with Gasteiger partial charge in [0.15, 0.2) is 0 Å². The maximum Gasteiger partial charge on any atom is 0.308 e. The number of benzene rings is 4. The van der Waals surface area contributed by atoms with Gasteiger partial charge in [0.05, 0.1) is 12.5 Å². The molecular formula is C38H45ClN2O3. The predicted molar refractivity (Wildman–Crippen MR) is 183 cm³/mol. The third-order valence-corrected chi connectivity index (χ3v) is 7.88. The molecule has 0 saturated carbocycles. The number of hydrogen-bond acceptors (Lipinski definition) is 4. The molecule has 1 fully saturated rings. The van der Waals surface area contributed by atoms with Crippen molar-refractivity contribution in [1.82, 2.24) is 5.32 Å². The number of carbonyl (C=O) groups excluding carboxylic acids is 2. The molecule has 0 aliphatic carbocycles. The standard InChI is InChI=1S/C20H25NO2.C18H19NO.ClH/c1-3-23-20(22)15(2)13-19(21)14-16-9-11-18(12-10-16)17-7-5-4-6-8-17;1-13-11-17(19-18(13)20)12-14-7-9-16(10-8-14)15-5-3-2-4-6-15;/h4-12,15,19H,3,13-14,21H2,1-2H3;2-10,13,17H,11-12H2,1H3,(H,19,20);1H/t;13-,17-;/m.0./s1. The number of ether oxygens (including phenoxy) is 1. The van der Waals surface area contributed by atoms with E-state index in [0.717, 1.165) is 19.3 Å². The summed E-state index contributed by atoms with van der Waals surface area (Å²) in [5.74, 6) is 0.0235. The van der Waals surface area contributed by atoms with Crippen LogP contribution in [-0.4, -0.2) is 30.6 Å². The first kappa shape index (κ1) is 34.6. The van der Waals surface area contributed by atoms with Crippen molar-refractivity contribution in [3.8, 4) is 22.3 Å². The molecule has 232 valence electrons. The molecule has 1 heterocycles. The lowest BCUT2D eigenvalue weighted by Gasteiger charge is -2.16. The highest BCUT2D eigenvalue weighted by Gasteiger charge is 2.28. The van der Waals surface area contributed by atoms with E-state index in [-0.39, 0.29) is 42.2 Å². The van der Waals surface area contributed by atoms with Gasteiger partial charge < -0.3 is 15.8 Å². The average Bonchev–Trinajstić information content (AvgIpc) is 3.35. The van der Waals surface area contributed by atoms with Crippen LogP contribution in [0.5, 0.6) is 0 Å². The Bertz CT molecular complexity index is 1430. The molecular weight excluding hydrogens is 568 g/mol. The number of carbonyl (C=O) groups is 2. The summed E-state index contributed by atoms with van der Waals surface area (Å²) >= 11 is 0. The number of nitrogens with one attached hydrogen (secondary N) is 1. The van der Waals surface area contributed by atoms with Crippen molar-refractivity contribution in [3.63, 3.8) is 0 Å². The molecule has 2 unspecified atom stereocenters. The zero-order valence-electron chi connectivity index (χ0n) is 25.9. The molecule has 1 saturated heterocycles. The molecule has 4 atom stereocenters. The molecule has 0 aromatic heterocycles. The van der Waals surface area contributed by atoms with E-state index in [9.17, 15) is 9.59 Å². The Hall–Kier alpha value is -3.93. The normalized spacial score (nSPS) is 16.9. The molecule has 0 bridgehead atoms. The summed E-state index contributed by atoms with van der Waals surface area (Å²) in [4.78, 5) is 23.2. The molecule has 6 heteroatoms. The van der Waals surface area contributed by atoms with Crippen molar-refractivity contribution < 1.29 is 14.3 Å². The Labute approximate surface area is 268 Å². The fourth-order valence-corrected chi connectivity index (χ4v) is 5.50. The predicted octanol–water partition coefficient (Wildman–Crippen LogP) is 7.66. The highest BCUT2D eigenvalue weighted by atomic mass is 35.5. The Morgan fingerprint density at radius 3 is 1.75 bits per heavy atom. The highest BCUT2D eigenvalue weighted by molar-refractivity contribution is 5.85. The summed E-state index contributed by atoms with van der Waals surface area (Å²) in [6.45, 7) is 6.10. The quantitative estimate of drug-likeness (QED) is 0.180. The van der Waals surface area contributed by atoms with E-state index in [0.29, 0.717) is 19.1 Å². The van der Waals surface area contributed by atoms with E-state index < -0.39 is 0 Å². The minimum atomic E-state index is -0.164. The first-order chi connectivity index (χ1) is 20.8. The van der Waals surface area contributed by atoms with Crippen LogP contribution in [0.1, 0.15) is 44.7 Å². The lowest BCUT2D eigenvalue weighted by atomic mass is 9.95. The zero-order chi connectivity index (χ0) is 30.6. The Morgan fingerprint density at radius 2 is 1.30 bits per heavy atom. The minimum absolute atomic E-state index is 0. The van der Waals surface area contributed by atoms with Crippen molar-refractivity contribution >= 4 is 24.3 Å². The largest absolute Gasteiger partial charge is 0.466 e. The first-order valence-electron chi connectivity index (χ1n) is 15.3.